The van der Waals surface area contributed by atoms with Gasteiger partial charge in [-0.1, -0.05) is 19.4 Å². The van der Waals surface area contributed by atoms with Gasteiger partial charge in [0.1, 0.15) is 0 Å². The SMILES string of the molecule is CCC1(CC)[C]=C(C)C(C)=C1C. The Bertz CT molecular complexity index is 237. The molecule has 0 spiro atoms. The highest BCUT2D eigenvalue weighted by atomic mass is 14.4. The van der Waals surface area contributed by atoms with Crippen LogP contribution in [0.4, 0.5) is 0 Å². The second kappa shape index (κ2) is 3.08. The van der Waals surface area contributed by atoms with Crippen molar-refractivity contribution in [1.82, 2.24) is 0 Å². The highest BCUT2D eigenvalue weighted by Crippen LogP contribution is 2.44. The van der Waals surface area contributed by atoms with Crippen LogP contribution in [0.2, 0.25) is 0 Å². The minimum atomic E-state index is 0.272. The molecule has 0 saturated carbocycles. The lowest BCUT2D eigenvalue weighted by molar-refractivity contribution is 0.416. The maximum absolute atomic E-state index is 3.61. The van der Waals surface area contributed by atoms with E-state index in [2.05, 4.69) is 40.7 Å². The molecule has 1 aliphatic rings. The Morgan fingerprint density at radius 1 is 1.08 bits per heavy atom. The fourth-order valence-electron chi connectivity index (χ4n) is 2.14. The molecule has 0 fully saturated rings. The quantitative estimate of drug-likeness (QED) is 0.579. The summed E-state index contributed by atoms with van der Waals surface area (Å²) in [6.07, 6.45) is 5.98. The van der Waals surface area contributed by atoms with Gasteiger partial charge < -0.3 is 0 Å². The zero-order valence-corrected chi connectivity index (χ0v) is 8.91. The highest BCUT2D eigenvalue weighted by molar-refractivity contribution is 5.42. The first-order valence-corrected chi connectivity index (χ1v) is 4.87. The van der Waals surface area contributed by atoms with E-state index < -0.39 is 0 Å². The molecule has 1 radical (unpaired) electrons. The van der Waals surface area contributed by atoms with Gasteiger partial charge in [0.05, 0.1) is 0 Å². The fourth-order valence-corrected chi connectivity index (χ4v) is 2.14. The predicted molar refractivity (Wildman–Crippen MR) is 53.8 cm³/mol. The van der Waals surface area contributed by atoms with Crippen LogP contribution in [-0.2, 0) is 0 Å². The van der Waals surface area contributed by atoms with Crippen LogP contribution in [0.3, 0.4) is 0 Å². The Morgan fingerprint density at radius 2 is 1.58 bits per heavy atom. The summed E-state index contributed by atoms with van der Waals surface area (Å²) in [6.45, 7) is 11.2. The van der Waals surface area contributed by atoms with Crippen LogP contribution in [0.15, 0.2) is 16.7 Å². The molecule has 0 nitrogen and oxygen atoms in total. The van der Waals surface area contributed by atoms with Crippen molar-refractivity contribution in [3.63, 3.8) is 0 Å². The van der Waals surface area contributed by atoms with E-state index in [0.717, 1.165) is 0 Å². The van der Waals surface area contributed by atoms with Crippen LogP contribution in [0, 0.1) is 11.5 Å². The van der Waals surface area contributed by atoms with Crippen molar-refractivity contribution in [2.45, 2.75) is 47.5 Å². The summed E-state index contributed by atoms with van der Waals surface area (Å²) in [6, 6.07) is 0. The van der Waals surface area contributed by atoms with Crippen LogP contribution in [0.1, 0.15) is 47.5 Å². The maximum atomic E-state index is 3.61. The largest absolute Gasteiger partial charge is 0.0642 e. The summed E-state index contributed by atoms with van der Waals surface area (Å²) in [7, 11) is 0. The molecule has 1 rings (SSSR count). The fraction of sp³-hybridized carbons (Fsp3) is 0.667. The predicted octanol–water partition coefficient (Wildman–Crippen LogP) is 3.89. The molecule has 67 valence electrons. The zero-order valence-electron chi connectivity index (χ0n) is 8.91. The molecule has 0 bridgehead atoms. The van der Waals surface area contributed by atoms with E-state index in [0.29, 0.717) is 0 Å². The normalized spacial score (nSPS) is 21.6. The number of hydrogen-bond donors (Lipinski definition) is 0. The second-order valence-corrected chi connectivity index (χ2v) is 3.79. The molecule has 0 aliphatic heterocycles. The number of hydrogen-bond acceptors (Lipinski definition) is 0. The van der Waals surface area contributed by atoms with Crippen molar-refractivity contribution in [2.24, 2.45) is 5.41 Å². The van der Waals surface area contributed by atoms with E-state index in [4.69, 9.17) is 0 Å². The molecule has 1 aliphatic carbocycles. The lowest BCUT2D eigenvalue weighted by Crippen LogP contribution is -2.15. The number of rotatable bonds is 2. The molecular formula is C12H19. The van der Waals surface area contributed by atoms with Gasteiger partial charge in [-0.15, -0.1) is 0 Å². The first-order chi connectivity index (χ1) is 5.57. The summed E-state index contributed by atoms with van der Waals surface area (Å²) in [5.74, 6) is 0. The lowest BCUT2D eigenvalue weighted by Gasteiger charge is -2.26. The van der Waals surface area contributed by atoms with Gasteiger partial charge in [-0.05, 0) is 50.8 Å². The zero-order chi connectivity index (χ0) is 9.35. The van der Waals surface area contributed by atoms with Gasteiger partial charge in [-0.2, -0.15) is 0 Å². The topological polar surface area (TPSA) is 0 Å². The smallest absolute Gasteiger partial charge is 0.0165 e. The molecule has 0 amide bonds. The second-order valence-electron chi connectivity index (χ2n) is 3.79. The number of allylic oxidation sites excluding steroid dienone is 4. The monoisotopic (exact) mass is 163 g/mol. The van der Waals surface area contributed by atoms with E-state index in [1.165, 1.54) is 29.6 Å². The van der Waals surface area contributed by atoms with Gasteiger partial charge in [0.15, 0.2) is 0 Å². The highest BCUT2D eigenvalue weighted by Gasteiger charge is 2.32. The van der Waals surface area contributed by atoms with E-state index in [-0.39, 0.29) is 5.41 Å². The van der Waals surface area contributed by atoms with Crippen molar-refractivity contribution in [1.29, 1.82) is 0 Å². The van der Waals surface area contributed by atoms with E-state index in [9.17, 15) is 0 Å². The van der Waals surface area contributed by atoms with Crippen LogP contribution in [0.25, 0.3) is 0 Å². The van der Waals surface area contributed by atoms with Gasteiger partial charge in [0.2, 0.25) is 0 Å². The third-order valence-corrected chi connectivity index (χ3v) is 3.48. The molecule has 0 heteroatoms. The molecule has 0 aromatic heterocycles. The Morgan fingerprint density at radius 3 is 1.75 bits per heavy atom. The third kappa shape index (κ3) is 1.14. The van der Waals surface area contributed by atoms with Gasteiger partial charge in [-0.25, -0.2) is 0 Å². The van der Waals surface area contributed by atoms with Crippen LogP contribution in [0.5, 0.6) is 0 Å². The van der Waals surface area contributed by atoms with Gasteiger partial charge in [0, 0.05) is 5.41 Å². The Hall–Kier alpha value is -0.520. The van der Waals surface area contributed by atoms with Crippen LogP contribution >= 0.6 is 0 Å². The van der Waals surface area contributed by atoms with Gasteiger partial charge >= 0.3 is 0 Å². The van der Waals surface area contributed by atoms with Crippen molar-refractivity contribution in [3.8, 4) is 0 Å². The van der Waals surface area contributed by atoms with Gasteiger partial charge in [0.25, 0.3) is 0 Å². The maximum Gasteiger partial charge on any atom is 0.0165 e. The summed E-state index contributed by atoms with van der Waals surface area (Å²) < 4.78 is 0. The Kier molecular flexibility index (Phi) is 2.46. The van der Waals surface area contributed by atoms with Gasteiger partial charge in [-0.3, -0.25) is 0 Å². The van der Waals surface area contributed by atoms with Crippen LogP contribution in [-0.4, -0.2) is 0 Å². The molecule has 12 heavy (non-hydrogen) atoms. The average molecular weight is 163 g/mol. The average Bonchev–Trinajstić information content (AvgIpc) is 2.30. The van der Waals surface area contributed by atoms with Crippen LogP contribution < -0.4 is 0 Å². The van der Waals surface area contributed by atoms with E-state index >= 15 is 0 Å². The summed E-state index contributed by atoms with van der Waals surface area (Å²) in [4.78, 5) is 0. The van der Waals surface area contributed by atoms with E-state index in [1.807, 2.05) is 0 Å². The van der Waals surface area contributed by atoms with Crippen molar-refractivity contribution in [2.75, 3.05) is 0 Å². The lowest BCUT2D eigenvalue weighted by atomic mass is 9.78. The minimum absolute atomic E-state index is 0.272. The Balaban J connectivity index is 3.12. The summed E-state index contributed by atoms with van der Waals surface area (Å²) in [5.41, 5.74) is 4.62. The molecule has 0 atom stereocenters. The molecule has 0 N–H and O–H groups in total. The Labute approximate surface area is 76.4 Å². The van der Waals surface area contributed by atoms with Crippen molar-refractivity contribution >= 4 is 0 Å². The minimum Gasteiger partial charge on any atom is -0.0642 e. The third-order valence-electron chi connectivity index (χ3n) is 3.48. The first-order valence-electron chi connectivity index (χ1n) is 4.87. The van der Waals surface area contributed by atoms with Crippen molar-refractivity contribution in [3.05, 3.63) is 22.8 Å². The molecule has 0 unspecified atom stereocenters. The standard InChI is InChI=1S/C12H19/c1-6-12(7-2)8-9(3)10(4)11(12)5/h6-7H2,1-5H3. The molecule has 0 aromatic carbocycles. The summed E-state index contributed by atoms with van der Waals surface area (Å²) >= 11 is 0. The molecular weight excluding hydrogens is 144 g/mol. The molecule has 0 aromatic rings. The molecule has 0 heterocycles. The van der Waals surface area contributed by atoms with Crippen molar-refractivity contribution < 1.29 is 0 Å². The van der Waals surface area contributed by atoms with E-state index in [1.54, 1.807) is 0 Å². The summed E-state index contributed by atoms with van der Waals surface area (Å²) in [5, 5.41) is 0. The first kappa shape index (κ1) is 9.57. The molecule has 0 saturated heterocycles.